The van der Waals surface area contributed by atoms with Crippen LogP contribution in [0.2, 0.25) is 0 Å². The van der Waals surface area contributed by atoms with Gasteiger partial charge in [0, 0.05) is 28.7 Å². The van der Waals surface area contributed by atoms with Crippen LogP contribution in [0.4, 0.5) is 5.69 Å². The lowest BCUT2D eigenvalue weighted by Gasteiger charge is -2.28. The number of anilines is 1. The van der Waals surface area contributed by atoms with Crippen molar-refractivity contribution in [1.82, 2.24) is 5.01 Å². The number of hydrogen-bond acceptors (Lipinski definition) is 6. The highest BCUT2D eigenvalue weighted by atomic mass is 127. The summed E-state index contributed by atoms with van der Waals surface area (Å²) in [5.74, 6) is 0.911. The summed E-state index contributed by atoms with van der Waals surface area (Å²) in [4.78, 5) is 26.3. The topological polar surface area (TPSA) is 80.7 Å². The summed E-state index contributed by atoms with van der Waals surface area (Å²) in [5.41, 5.74) is 2.35. The van der Waals surface area contributed by atoms with Gasteiger partial charge in [-0.2, -0.15) is 5.01 Å². The van der Waals surface area contributed by atoms with Crippen molar-refractivity contribution >= 4 is 46.0 Å². The van der Waals surface area contributed by atoms with Crippen molar-refractivity contribution < 1.29 is 23.8 Å². The molecule has 1 unspecified atom stereocenters. The van der Waals surface area contributed by atoms with E-state index in [0.717, 1.165) is 14.8 Å². The van der Waals surface area contributed by atoms with Crippen LogP contribution in [-0.4, -0.2) is 49.7 Å². The SMILES string of the molecule is COc1ccc(C2=NN(C(C)=O)C(CN(C(C)=O)c3ccc(I)cc3C)O2)cc1OC. The Labute approximate surface area is 194 Å². The number of carbonyl (C=O) groups is 2. The van der Waals surface area contributed by atoms with E-state index in [1.807, 2.05) is 25.1 Å². The number of amides is 2. The molecule has 0 N–H and O–H groups in total. The van der Waals surface area contributed by atoms with Gasteiger partial charge in [0.15, 0.2) is 11.5 Å². The molecule has 164 valence electrons. The lowest BCUT2D eigenvalue weighted by Crippen LogP contribution is -2.44. The molecule has 1 aliphatic rings. The van der Waals surface area contributed by atoms with Gasteiger partial charge < -0.3 is 19.1 Å². The van der Waals surface area contributed by atoms with Gasteiger partial charge in [-0.3, -0.25) is 9.59 Å². The Morgan fingerprint density at radius 1 is 1.13 bits per heavy atom. The Hall–Kier alpha value is -2.82. The second-order valence-corrected chi connectivity index (χ2v) is 8.22. The van der Waals surface area contributed by atoms with E-state index in [0.29, 0.717) is 17.1 Å². The fourth-order valence-electron chi connectivity index (χ4n) is 3.32. The monoisotopic (exact) mass is 537 g/mol. The number of methoxy groups -OCH3 is 2. The van der Waals surface area contributed by atoms with Crippen molar-refractivity contribution in [1.29, 1.82) is 0 Å². The van der Waals surface area contributed by atoms with Crippen molar-refractivity contribution in [2.24, 2.45) is 5.10 Å². The lowest BCUT2D eigenvalue weighted by atomic mass is 10.1. The molecule has 31 heavy (non-hydrogen) atoms. The van der Waals surface area contributed by atoms with Crippen LogP contribution in [0.3, 0.4) is 0 Å². The van der Waals surface area contributed by atoms with Crippen LogP contribution in [-0.2, 0) is 14.3 Å². The van der Waals surface area contributed by atoms with Gasteiger partial charge in [-0.1, -0.05) is 0 Å². The molecule has 0 aliphatic carbocycles. The zero-order chi connectivity index (χ0) is 22.7. The van der Waals surface area contributed by atoms with Gasteiger partial charge in [0.05, 0.1) is 20.8 Å². The molecular weight excluding hydrogens is 513 g/mol. The summed E-state index contributed by atoms with van der Waals surface area (Å²) in [5, 5.41) is 5.61. The van der Waals surface area contributed by atoms with Crippen molar-refractivity contribution in [3.05, 3.63) is 51.1 Å². The van der Waals surface area contributed by atoms with Crippen LogP contribution in [0.1, 0.15) is 25.0 Å². The first-order valence-electron chi connectivity index (χ1n) is 9.56. The van der Waals surface area contributed by atoms with Crippen molar-refractivity contribution in [2.75, 3.05) is 25.7 Å². The molecule has 2 aromatic carbocycles. The van der Waals surface area contributed by atoms with Crippen molar-refractivity contribution in [3.63, 3.8) is 0 Å². The highest BCUT2D eigenvalue weighted by Crippen LogP contribution is 2.30. The highest BCUT2D eigenvalue weighted by Gasteiger charge is 2.34. The van der Waals surface area contributed by atoms with E-state index in [-0.39, 0.29) is 24.3 Å². The average molecular weight is 537 g/mol. The predicted molar refractivity (Wildman–Crippen MR) is 125 cm³/mol. The summed E-state index contributed by atoms with van der Waals surface area (Å²) < 4.78 is 17.7. The summed E-state index contributed by atoms with van der Waals surface area (Å²) in [6, 6.07) is 11.1. The second kappa shape index (κ2) is 9.54. The first-order chi connectivity index (χ1) is 14.7. The van der Waals surface area contributed by atoms with Gasteiger partial charge in [0.25, 0.3) is 0 Å². The van der Waals surface area contributed by atoms with Gasteiger partial charge in [0.1, 0.15) is 0 Å². The zero-order valence-electron chi connectivity index (χ0n) is 18.0. The molecule has 1 atom stereocenters. The Morgan fingerprint density at radius 2 is 1.84 bits per heavy atom. The third-order valence-electron chi connectivity index (χ3n) is 4.84. The minimum Gasteiger partial charge on any atom is -0.493 e. The summed E-state index contributed by atoms with van der Waals surface area (Å²) >= 11 is 2.23. The number of hydrogen-bond donors (Lipinski definition) is 0. The van der Waals surface area contributed by atoms with Gasteiger partial charge in [0.2, 0.25) is 23.9 Å². The number of halogens is 1. The lowest BCUT2D eigenvalue weighted by molar-refractivity contribution is -0.135. The molecule has 0 saturated carbocycles. The molecule has 0 aromatic heterocycles. The smallest absolute Gasteiger partial charge is 0.243 e. The first kappa shape index (κ1) is 22.9. The molecule has 9 heteroatoms. The standard InChI is InChI=1S/C22H24IN3O5/c1-13-10-17(23)7-8-18(13)25(14(2)27)12-21-26(15(3)28)24-22(31-21)16-6-9-19(29-4)20(11-16)30-5/h6-11,21H,12H2,1-5H3. The van der Waals surface area contributed by atoms with E-state index in [9.17, 15) is 9.59 Å². The van der Waals surface area contributed by atoms with Crippen LogP contribution in [0.15, 0.2) is 41.5 Å². The Bertz CT molecular complexity index is 1040. The van der Waals surface area contributed by atoms with E-state index < -0.39 is 6.23 Å². The van der Waals surface area contributed by atoms with Crippen molar-refractivity contribution in [3.8, 4) is 11.5 Å². The van der Waals surface area contributed by atoms with Gasteiger partial charge >= 0.3 is 0 Å². The molecule has 3 rings (SSSR count). The minimum absolute atomic E-state index is 0.136. The number of benzene rings is 2. The molecule has 0 saturated heterocycles. The van der Waals surface area contributed by atoms with E-state index >= 15 is 0 Å². The van der Waals surface area contributed by atoms with Crippen molar-refractivity contribution in [2.45, 2.75) is 27.0 Å². The summed E-state index contributed by atoms with van der Waals surface area (Å²) in [6.45, 7) is 4.97. The molecule has 8 nitrogen and oxygen atoms in total. The fraction of sp³-hybridized carbons (Fsp3) is 0.318. The molecule has 0 bridgehead atoms. The van der Waals surface area contributed by atoms with Crippen LogP contribution >= 0.6 is 22.6 Å². The van der Waals surface area contributed by atoms with E-state index in [4.69, 9.17) is 14.2 Å². The van der Waals surface area contributed by atoms with E-state index in [1.54, 1.807) is 30.2 Å². The number of rotatable bonds is 6. The van der Waals surface area contributed by atoms with E-state index in [1.165, 1.54) is 26.0 Å². The molecule has 2 amide bonds. The summed E-state index contributed by atoms with van der Waals surface area (Å²) in [6.07, 6.45) is -0.761. The Balaban J connectivity index is 1.90. The number of aryl methyl sites for hydroxylation is 1. The Kier molecular flexibility index (Phi) is 7.04. The molecule has 1 heterocycles. The predicted octanol–water partition coefficient (Wildman–Crippen LogP) is 3.54. The maximum Gasteiger partial charge on any atom is 0.243 e. The number of hydrazone groups is 1. The third-order valence-corrected chi connectivity index (χ3v) is 5.51. The largest absolute Gasteiger partial charge is 0.493 e. The molecule has 1 aliphatic heterocycles. The number of ether oxygens (including phenoxy) is 3. The molecule has 0 radical (unpaired) electrons. The average Bonchev–Trinajstić information content (AvgIpc) is 3.16. The summed E-state index contributed by atoms with van der Waals surface area (Å²) in [7, 11) is 3.09. The van der Waals surface area contributed by atoms with Gasteiger partial charge in [-0.05, 0) is 71.5 Å². The van der Waals surface area contributed by atoms with Gasteiger partial charge in [-0.25, -0.2) is 0 Å². The highest BCUT2D eigenvalue weighted by molar-refractivity contribution is 14.1. The molecular formula is C22H24IN3O5. The van der Waals surface area contributed by atoms with E-state index in [2.05, 4.69) is 27.7 Å². The number of carbonyl (C=O) groups excluding carboxylic acids is 2. The Morgan fingerprint density at radius 3 is 2.42 bits per heavy atom. The number of nitrogens with zero attached hydrogens (tertiary/aromatic N) is 3. The van der Waals surface area contributed by atoms with Crippen LogP contribution in [0, 0.1) is 10.5 Å². The third kappa shape index (κ3) is 4.92. The van der Waals surface area contributed by atoms with Gasteiger partial charge in [-0.15, -0.1) is 5.10 Å². The fourth-order valence-corrected chi connectivity index (χ4v) is 3.97. The van der Waals surface area contributed by atoms with Crippen LogP contribution < -0.4 is 14.4 Å². The van der Waals surface area contributed by atoms with Crippen LogP contribution in [0.25, 0.3) is 0 Å². The maximum absolute atomic E-state index is 12.4. The van der Waals surface area contributed by atoms with Crippen LogP contribution in [0.5, 0.6) is 11.5 Å². The molecule has 0 spiro atoms. The normalized spacial score (nSPS) is 15.2. The quantitative estimate of drug-likeness (QED) is 0.527. The first-order valence-corrected chi connectivity index (χ1v) is 10.6. The zero-order valence-corrected chi connectivity index (χ0v) is 20.2. The minimum atomic E-state index is -0.761. The maximum atomic E-state index is 12.4. The molecule has 0 fully saturated rings. The molecule has 2 aromatic rings. The second-order valence-electron chi connectivity index (χ2n) is 6.97.